The minimum Gasteiger partial charge on any atom is -0.493 e. The molecule has 0 aliphatic rings. The molecule has 0 radical (unpaired) electrons. The standard InChI is InChI=1S/C19H19NO2/c1-13-4-6-16-15(10-13)8-9-20-17(16)11-14-5-7-18(21-2)19(12-14)22-3/h4-10,12H,11H2,1-3H3. The molecule has 3 rings (SSSR count). The van der Waals surface area contributed by atoms with Gasteiger partial charge in [0.1, 0.15) is 0 Å². The number of aryl methyl sites for hydroxylation is 1. The highest BCUT2D eigenvalue weighted by molar-refractivity contribution is 5.85. The van der Waals surface area contributed by atoms with Crippen LogP contribution in [0.3, 0.4) is 0 Å². The fourth-order valence-electron chi connectivity index (χ4n) is 2.68. The van der Waals surface area contributed by atoms with Crippen LogP contribution in [0.5, 0.6) is 11.5 Å². The molecule has 0 aliphatic carbocycles. The van der Waals surface area contributed by atoms with Gasteiger partial charge in [0.15, 0.2) is 11.5 Å². The average molecular weight is 293 g/mol. The van der Waals surface area contributed by atoms with E-state index in [1.54, 1.807) is 14.2 Å². The zero-order chi connectivity index (χ0) is 15.5. The third kappa shape index (κ3) is 2.75. The molecule has 112 valence electrons. The van der Waals surface area contributed by atoms with Crippen LogP contribution in [0.25, 0.3) is 10.8 Å². The Balaban J connectivity index is 2.00. The highest BCUT2D eigenvalue weighted by Crippen LogP contribution is 2.29. The van der Waals surface area contributed by atoms with E-state index < -0.39 is 0 Å². The predicted octanol–water partition coefficient (Wildman–Crippen LogP) is 4.15. The van der Waals surface area contributed by atoms with Crippen molar-refractivity contribution in [3.63, 3.8) is 0 Å². The zero-order valence-corrected chi connectivity index (χ0v) is 13.1. The fraction of sp³-hybridized carbons (Fsp3) is 0.211. The van der Waals surface area contributed by atoms with Gasteiger partial charge in [0, 0.05) is 18.0 Å². The van der Waals surface area contributed by atoms with Crippen LogP contribution < -0.4 is 9.47 Å². The van der Waals surface area contributed by atoms with Crippen LogP contribution in [0, 0.1) is 6.92 Å². The molecule has 3 nitrogen and oxygen atoms in total. The maximum absolute atomic E-state index is 5.37. The molecule has 1 aromatic heterocycles. The van der Waals surface area contributed by atoms with Crippen LogP contribution >= 0.6 is 0 Å². The third-order valence-corrected chi connectivity index (χ3v) is 3.82. The van der Waals surface area contributed by atoms with Crippen molar-refractivity contribution in [3.8, 4) is 11.5 Å². The van der Waals surface area contributed by atoms with Crippen molar-refractivity contribution < 1.29 is 9.47 Å². The summed E-state index contributed by atoms with van der Waals surface area (Å²) in [7, 11) is 3.30. The van der Waals surface area contributed by atoms with E-state index in [0.29, 0.717) is 0 Å². The highest BCUT2D eigenvalue weighted by Gasteiger charge is 2.08. The van der Waals surface area contributed by atoms with Crippen LogP contribution in [0.4, 0.5) is 0 Å². The van der Waals surface area contributed by atoms with E-state index in [1.807, 2.05) is 18.3 Å². The Hall–Kier alpha value is -2.55. The molecule has 3 aromatic rings. The first kappa shape index (κ1) is 14.4. The Morgan fingerprint density at radius 1 is 0.909 bits per heavy atom. The maximum Gasteiger partial charge on any atom is 0.160 e. The molecule has 0 saturated heterocycles. The largest absolute Gasteiger partial charge is 0.493 e. The normalized spacial score (nSPS) is 10.7. The van der Waals surface area contributed by atoms with Gasteiger partial charge in [-0.3, -0.25) is 4.98 Å². The summed E-state index contributed by atoms with van der Waals surface area (Å²) in [4.78, 5) is 4.56. The Labute approximate surface area is 130 Å². The van der Waals surface area contributed by atoms with Gasteiger partial charge in [0.05, 0.1) is 19.9 Å². The minimum atomic E-state index is 0.743. The van der Waals surface area contributed by atoms with Crippen LogP contribution in [0.1, 0.15) is 16.8 Å². The molecular weight excluding hydrogens is 274 g/mol. The van der Waals surface area contributed by atoms with Gasteiger partial charge in [-0.15, -0.1) is 0 Å². The second kappa shape index (κ2) is 6.06. The fourth-order valence-corrected chi connectivity index (χ4v) is 2.68. The summed E-state index contributed by atoms with van der Waals surface area (Å²) in [6.45, 7) is 2.11. The molecule has 0 saturated carbocycles. The number of methoxy groups -OCH3 is 2. The first-order valence-electron chi connectivity index (χ1n) is 7.26. The Morgan fingerprint density at radius 3 is 2.50 bits per heavy atom. The van der Waals surface area contributed by atoms with Gasteiger partial charge in [0.2, 0.25) is 0 Å². The summed E-state index contributed by atoms with van der Waals surface area (Å²) in [5.74, 6) is 1.49. The van der Waals surface area contributed by atoms with Crippen LogP contribution in [0.15, 0.2) is 48.7 Å². The topological polar surface area (TPSA) is 31.4 Å². The summed E-state index contributed by atoms with van der Waals surface area (Å²) < 4.78 is 10.7. The molecule has 0 atom stereocenters. The summed E-state index contributed by atoms with van der Waals surface area (Å²) in [5, 5.41) is 2.42. The number of ether oxygens (including phenoxy) is 2. The summed E-state index contributed by atoms with van der Waals surface area (Å²) >= 11 is 0. The number of fused-ring (bicyclic) bond motifs is 1. The lowest BCUT2D eigenvalue weighted by Crippen LogP contribution is -1.96. The summed E-state index contributed by atoms with van der Waals surface area (Å²) in [5.41, 5.74) is 3.48. The summed E-state index contributed by atoms with van der Waals surface area (Å²) in [6.07, 6.45) is 2.64. The van der Waals surface area contributed by atoms with Crippen molar-refractivity contribution in [2.24, 2.45) is 0 Å². The van der Waals surface area contributed by atoms with Gasteiger partial charge >= 0.3 is 0 Å². The highest BCUT2D eigenvalue weighted by atomic mass is 16.5. The number of hydrogen-bond donors (Lipinski definition) is 0. The van der Waals surface area contributed by atoms with E-state index in [9.17, 15) is 0 Å². The lowest BCUT2D eigenvalue weighted by Gasteiger charge is -2.10. The first-order valence-corrected chi connectivity index (χ1v) is 7.26. The van der Waals surface area contributed by atoms with Gasteiger partial charge in [0.25, 0.3) is 0 Å². The SMILES string of the molecule is COc1ccc(Cc2nccc3cc(C)ccc23)cc1OC. The van der Waals surface area contributed by atoms with E-state index in [4.69, 9.17) is 9.47 Å². The number of aromatic nitrogens is 1. The number of nitrogens with zero attached hydrogens (tertiary/aromatic N) is 1. The Morgan fingerprint density at radius 2 is 1.73 bits per heavy atom. The second-order valence-corrected chi connectivity index (χ2v) is 5.35. The van der Waals surface area contributed by atoms with Crippen molar-refractivity contribution in [3.05, 3.63) is 65.5 Å². The number of benzene rings is 2. The van der Waals surface area contributed by atoms with Gasteiger partial charge in [-0.1, -0.05) is 29.8 Å². The van der Waals surface area contributed by atoms with E-state index >= 15 is 0 Å². The average Bonchev–Trinajstić information content (AvgIpc) is 2.54. The van der Waals surface area contributed by atoms with Crippen LogP contribution in [-0.4, -0.2) is 19.2 Å². The van der Waals surface area contributed by atoms with Crippen molar-refractivity contribution in [1.29, 1.82) is 0 Å². The molecule has 2 aromatic carbocycles. The molecule has 1 heterocycles. The third-order valence-electron chi connectivity index (χ3n) is 3.82. The van der Waals surface area contributed by atoms with Crippen molar-refractivity contribution in [1.82, 2.24) is 4.98 Å². The molecule has 0 aliphatic heterocycles. The Kier molecular flexibility index (Phi) is 3.96. The molecular formula is C19H19NO2. The maximum atomic E-state index is 5.37. The lowest BCUT2D eigenvalue weighted by molar-refractivity contribution is 0.354. The van der Waals surface area contributed by atoms with Crippen molar-refractivity contribution in [2.75, 3.05) is 14.2 Å². The van der Waals surface area contributed by atoms with E-state index in [-0.39, 0.29) is 0 Å². The van der Waals surface area contributed by atoms with Crippen LogP contribution in [0.2, 0.25) is 0 Å². The molecule has 0 bridgehead atoms. The quantitative estimate of drug-likeness (QED) is 0.724. The smallest absolute Gasteiger partial charge is 0.160 e. The minimum absolute atomic E-state index is 0.743. The predicted molar refractivity (Wildman–Crippen MR) is 88.8 cm³/mol. The van der Waals surface area contributed by atoms with Gasteiger partial charge in [-0.05, 0) is 36.1 Å². The van der Waals surface area contributed by atoms with Gasteiger partial charge in [-0.2, -0.15) is 0 Å². The number of hydrogen-bond acceptors (Lipinski definition) is 3. The van der Waals surface area contributed by atoms with E-state index in [2.05, 4.69) is 42.2 Å². The van der Waals surface area contributed by atoms with Crippen molar-refractivity contribution >= 4 is 10.8 Å². The van der Waals surface area contributed by atoms with Gasteiger partial charge in [-0.25, -0.2) is 0 Å². The number of pyridine rings is 1. The lowest BCUT2D eigenvalue weighted by atomic mass is 10.0. The molecule has 0 spiro atoms. The monoisotopic (exact) mass is 293 g/mol. The molecule has 0 amide bonds. The molecule has 0 fully saturated rings. The summed E-state index contributed by atoms with van der Waals surface area (Å²) in [6, 6.07) is 14.5. The molecule has 22 heavy (non-hydrogen) atoms. The number of rotatable bonds is 4. The van der Waals surface area contributed by atoms with E-state index in [1.165, 1.54) is 16.3 Å². The van der Waals surface area contributed by atoms with Crippen molar-refractivity contribution in [2.45, 2.75) is 13.3 Å². The Bertz CT molecular complexity index is 812. The van der Waals surface area contributed by atoms with Gasteiger partial charge < -0.3 is 9.47 Å². The van der Waals surface area contributed by atoms with Crippen LogP contribution in [-0.2, 0) is 6.42 Å². The molecule has 0 N–H and O–H groups in total. The zero-order valence-electron chi connectivity index (χ0n) is 13.1. The molecule has 3 heteroatoms. The molecule has 0 unspecified atom stereocenters. The van der Waals surface area contributed by atoms with E-state index in [0.717, 1.165) is 29.2 Å². The second-order valence-electron chi connectivity index (χ2n) is 5.35. The first-order chi connectivity index (χ1) is 10.7.